The number of benzene rings is 1. The summed E-state index contributed by atoms with van der Waals surface area (Å²) in [5.74, 6) is 1.86. The number of rotatable bonds is 9. The highest BCUT2D eigenvalue weighted by molar-refractivity contribution is 7.99. The monoisotopic (exact) mass is 388 g/mol. The molecular formula is C20H28N4O2S. The third-order valence-electron chi connectivity index (χ3n) is 4.91. The maximum Gasteiger partial charge on any atom is 0.230 e. The molecule has 0 radical (unpaired) electrons. The van der Waals surface area contributed by atoms with Crippen LogP contribution < -0.4 is 5.32 Å². The maximum atomic E-state index is 12.2. The number of nitrogens with zero attached hydrogens (tertiary/aromatic N) is 3. The van der Waals surface area contributed by atoms with E-state index in [4.69, 9.17) is 4.74 Å². The fourth-order valence-electron chi connectivity index (χ4n) is 3.41. The summed E-state index contributed by atoms with van der Waals surface area (Å²) in [6, 6.07) is 9.97. The molecule has 3 rings (SSSR count). The van der Waals surface area contributed by atoms with Crippen LogP contribution in [0.25, 0.3) is 11.4 Å². The molecule has 1 amide bonds. The van der Waals surface area contributed by atoms with Crippen molar-refractivity contribution in [3.05, 3.63) is 30.3 Å². The second kappa shape index (κ2) is 10.5. The number of ether oxygens (including phenoxy) is 1. The van der Waals surface area contributed by atoms with Crippen LogP contribution in [0.1, 0.15) is 32.1 Å². The Morgan fingerprint density at radius 3 is 2.74 bits per heavy atom. The van der Waals surface area contributed by atoms with Gasteiger partial charge in [-0.15, -0.1) is 10.2 Å². The number of carbonyl (C=O) groups is 1. The van der Waals surface area contributed by atoms with Gasteiger partial charge in [0.05, 0.1) is 18.9 Å². The summed E-state index contributed by atoms with van der Waals surface area (Å²) in [7, 11) is 1.68. The van der Waals surface area contributed by atoms with E-state index in [1.165, 1.54) is 43.9 Å². The summed E-state index contributed by atoms with van der Waals surface area (Å²) in [5.41, 5.74) is 1.01. The molecule has 0 saturated heterocycles. The second-order valence-corrected chi connectivity index (χ2v) is 7.86. The van der Waals surface area contributed by atoms with E-state index in [-0.39, 0.29) is 5.91 Å². The second-order valence-electron chi connectivity index (χ2n) is 6.91. The fourth-order valence-corrected chi connectivity index (χ4v) is 4.21. The number of aromatic nitrogens is 3. The largest absolute Gasteiger partial charge is 0.383 e. The summed E-state index contributed by atoms with van der Waals surface area (Å²) in [6.45, 7) is 2.02. The molecule has 1 fully saturated rings. The fraction of sp³-hybridized carbons (Fsp3) is 0.550. The SMILES string of the molecule is COCCn1c(SCC(=O)NCC2CCCCC2)nnc1-c1ccccc1. The van der Waals surface area contributed by atoms with Gasteiger partial charge in [0, 0.05) is 19.2 Å². The van der Waals surface area contributed by atoms with Gasteiger partial charge in [0.25, 0.3) is 0 Å². The minimum Gasteiger partial charge on any atom is -0.383 e. The van der Waals surface area contributed by atoms with Crippen LogP contribution in [0.3, 0.4) is 0 Å². The van der Waals surface area contributed by atoms with Crippen molar-refractivity contribution in [2.24, 2.45) is 5.92 Å². The number of carbonyl (C=O) groups excluding carboxylic acids is 1. The van der Waals surface area contributed by atoms with Crippen molar-refractivity contribution in [3.8, 4) is 11.4 Å². The smallest absolute Gasteiger partial charge is 0.230 e. The van der Waals surface area contributed by atoms with Crippen molar-refractivity contribution in [2.75, 3.05) is 26.0 Å². The molecule has 0 aliphatic heterocycles. The van der Waals surface area contributed by atoms with Crippen LogP contribution in [-0.4, -0.2) is 46.7 Å². The van der Waals surface area contributed by atoms with E-state index in [0.717, 1.165) is 23.1 Å². The van der Waals surface area contributed by atoms with Gasteiger partial charge in [-0.25, -0.2) is 0 Å². The van der Waals surface area contributed by atoms with Crippen LogP contribution in [-0.2, 0) is 16.1 Å². The highest BCUT2D eigenvalue weighted by atomic mass is 32.2. The minimum absolute atomic E-state index is 0.0631. The van der Waals surface area contributed by atoms with Crippen molar-refractivity contribution in [1.82, 2.24) is 20.1 Å². The van der Waals surface area contributed by atoms with E-state index >= 15 is 0 Å². The van der Waals surface area contributed by atoms with Gasteiger partial charge in [-0.3, -0.25) is 9.36 Å². The lowest BCUT2D eigenvalue weighted by molar-refractivity contribution is -0.118. The Bertz CT molecular complexity index is 714. The molecule has 7 heteroatoms. The lowest BCUT2D eigenvalue weighted by atomic mass is 9.89. The predicted molar refractivity (Wildman–Crippen MR) is 108 cm³/mol. The first kappa shape index (κ1) is 19.9. The standard InChI is InChI=1S/C20H28N4O2S/c1-26-13-12-24-19(17-10-6-3-7-11-17)22-23-20(24)27-15-18(25)21-14-16-8-4-2-5-9-16/h3,6-7,10-11,16H,2,4-5,8-9,12-15H2,1H3,(H,21,25). The highest BCUT2D eigenvalue weighted by Gasteiger charge is 2.17. The van der Waals surface area contributed by atoms with E-state index in [1.54, 1.807) is 7.11 Å². The Balaban J connectivity index is 1.58. The molecule has 0 unspecified atom stereocenters. The first-order valence-corrected chi connectivity index (χ1v) is 10.6. The van der Waals surface area contributed by atoms with Crippen LogP contribution in [0.2, 0.25) is 0 Å². The molecule has 27 heavy (non-hydrogen) atoms. The van der Waals surface area contributed by atoms with Crippen LogP contribution in [0.4, 0.5) is 0 Å². The van der Waals surface area contributed by atoms with Gasteiger partial charge in [0.2, 0.25) is 5.91 Å². The summed E-state index contributed by atoms with van der Waals surface area (Å²) >= 11 is 1.43. The van der Waals surface area contributed by atoms with Gasteiger partial charge in [-0.05, 0) is 18.8 Å². The maximum absolute atomic E-state index is 12.2. The zero-order chi connectivity index (χ0) is 18.9. The van der Waals surface area contributed by atoms with Crippen molar-refractivity contribution in [1.29, 1.82) is 0 Å². The average Bonchev–Trinajstić information content (AvgIpc) is 3.13. The molecule has 1 aromatic heterocycles. The molecule has 0 bridgehead atoms. The van der Waals surface area contributed by atoms with Gasteiger partial charge in [0.1, 0.15) is 0 Å². The molecule has 1 N–H and O–H groups in total. The van der Waals surface area contributed by atoms with E-state index in [9.17, 15) is 4.79 Å². The van der Waals surface area contributed by atoms with Crippen LogP contribution >= 0.6 is 11.8 Å². The molecule has 1 heterocycles. The summed E-state index contributed by atoms with van der Waals surface area (Å²) in [5, 5.41) is 12.5. The molecule has 146 valence electrons. The first-order valence-electron chi connectivity index (χ1n) is 9.65. The van der Waals surface area contributed by atoms with Crippen molar-refractivity contribution >= 4 is 17.7 Å². The molecule has 1 aliphatic carbocycles. The van der Waals surface area contributed by atoms with Crippen molar-refractivity contribution in [2.45, 2.75) is 43.8 Å². The Hall–Kier alpha value is -1.86. The Kier molecular flexibility index (Phi) is 7.71. The number of hydrogen-bond donors (Lipinski definition) is 1. The number of thioether (sulfide) groups is 1. The van der Waals surface area contributed by atoms with Crippen molar-refractivity contribution in [3.63, 3.8) is 0 Å². The normalized spacial score (nSPS) is 15.0. The van der Waals surface area contributed by atoms with Crippen LogP contribution in [0.15, 0.2) is 35.5 Å². The Morgan fingerprint density at radius 2 is 2.00 bits per heavy atom. The van der Waals surface area contributed by atoms with Crippen LogP contribution in [0, 0.1) is 5.92 Å². The summed E-state index contributed by atoms with van der Waals surface area (Å²) in [4.78, 5) is 12.2. The summed E-state index contributed by atoms with van der Waals surface area (Å²) < 4.78 is 7.25. The molecule has 1 aliphatic rings. The predicted octanol–water partition coefficient (Wildman–Crippen LogP) is 3.38. The van der Waals surface area contributed by atoms with Crippen LogP contribution in [0.5, 0.6) is 0 Å². The molecule has 2 aromatic rings. The molecule has 1 saturated carbocycles. The van der Waals surface area contributed by atoms with Gasteiger partial charge >= 0.3 is 0 Å². The van der Waals surface area contributed by atoms with Gasteiger partial charge in [-0.1, -0.05) is 61.4 Å². The average molecular weight is 389 g/mol. The molecule has 0 spiro atoms. The van der Waals surface area contributed by atoms with E-state index in [2.05, 4.69) is 15.5 Å². The summed E-state index contributed by atoms with van der Waals surface area (Å²) in [6.07, 6.45) is 6.39. The number of hydrogen-bond acceptors (Lipinski definition) is 5. The molecule has 6 nitrogen and oxygen atoms in total. The zero-order valence-electron chi connectivity index (χ0n) is 15.9. The zero-order valence-corrected chi connectivity index (χ0v) is 16.7. The first-order chi connectivity index (χ1) is 13.3. The molecular weight excluding hydrogens is 360 g/mol. The Labute approximate surface area is 165 Å². The third-order valence-corrected chi connectivity index (χ3v) is 5.88. The highest BCUT2D eigenvalue weighted by Crippen LogP contribution is 2.24. The number of amides is 1. The van der Waals surface area contributed by atoms with Gasteiger partial charge < -0.3 is 10.1 Å². The number of nitrogens with one attached hydrogen (secondary N) is 1. The van der Waals surface area contributed by atoms with E-state index < -0.39 is 0 Å². The lowest BCUT2D eigenvalue weighted by Gasteiger charge is -2.21. The molecule has 1 aromatic carbocycles. The molecule has 0 atom stereocenters. The quantitative estimate of drug-likeness (QED) is 0.667. The van der Waals surface area contributed by atoms with Gasteiger partial charge in [0.15, 0.2) is 11.0 Å². The topological polar surface area (TPSA) is 69.0 Å². The van der Waals surface area contributed by atoms with Crippen molar-refractivity contribution < 1.29 is 9.53 Å². The van der Waals surface area contributed by atoms with Gasteiger partial charge in [-0.2, -0.15) is 0 Å². The van der Waals surface area contributed by atoms with E-state index in [1.807, 2.05) is 34.9 Å². The number of methoxy groups -OCH3 is 1. The van der Waals surface area contributed by atoms with E-state index in [0.29, 0.717) is 24.8 Å². The Morgan fingerprint density at radius 1 is 1.22 bits per heavy atom. The lowest BCUT2D eigenvalue weighted by Crippen LogP contribution is -2.31. The minimum atomic E-state index is 0.0631. The third kappa shape index (κ3) is 5.81.